The standard InChI is InChI=1S/C74H76BN3/c1-45-39-46(2)66(47(3)40-45)49-41-58-57-43-54(76(52-28-24-50(25-29-52)70(4,5)6)53-30-26-51(27-31-53)71(7,8)9)33-36-63(57)78(55-32-34-59-61(44-55)73(12,13)38-37-72(59,10)11)75-62-22-18-21-60-69(62)77(65(42-49)68(58)75)64-35-23-48-19-16-17-20-56(48)67(64)74(60,14)15/h16-36,39-44H,37-38H2,1-15H3. The van der Waals surface area contributed by atoms with Gasteiger partial charge < -0.3 is 14.6 Å². The zero-order valence-corrected chi connectivity index (χ0v) is 48.9. The maximum Gasteiger partial charge on any atom is 0.333 e. The Morgan fingerprint density at radius 2 is 1.10 bits per heavy atom. The number of rotatable bonds is 5. The minimum atomic E-state index is -0.284. The highest BCUT2D eigenvalue weighted by Gasteiger charge is 2.50. The summed E-state index contributed by atoms with van der Waals surface area (Å²) >= 11 is 0. The molecule has 0 saturated carbocycles. The Hall–Kier alpha value is -7.30. The van der Waals surface area contributed by atoms with E-state index in [1.165, 1.54) is 129 Å². The van der Waals surface area contributed by atoms with E-state index in [1.807, 2.05) is 0 Å². The first-order valence-corrected chi connectivity index (χ1v) is 28.7. The van der Waals surface area contributed by atoms with Crippen LogP contribution in [0.5, 0.6) is 0 Å². The van der Waals surface area contributed by atoms with Crippen LogP contribution in [0.25, 0.3) is 33.0 Å². The number of hydrogen-bond donors (Lipinski definition) is 0. The molecule has 78 heavy (non-hydrogen) atoms. The van der Waals surface area contributed by atoms with Gasteiger partial charge in [-0.15, -0.1) is 0 Å². The fourth-order valence-electron chi connectivity index (χ4n) is 14.6. The molecule has 4 heteroatoms. The number of benzene rings is 9. The van der Waals surface area contributed by atoms with Gasteiger partial charge in [0.1, 0.15) is 0 Å². The van der Waals surface area contributed by atoms with Gasteiger partial charge in [0.15, 0.2) is 0 Å². The molecule has 3 heterocycles. The van der Waals surface area contributed by atoms with Crippen LogP contribution in [0.1, 0.15) is 146 Å². The van der Waals surface area contributed by atoms with Crippen LogP contribution in [0, 0.1) is 20.8 Å². The van der Waals surface area contributed by atoms with Gasteiger partial charge in [-0.2, -0.15) is 0 Å². The maximum atomic E-state index is 2.75. The van der Waals surface area contributed by atoms with Gasteiger partial charge >= 0.3 is 6.85 Å². The van der Waals surface area contributed by atoms with Crippen molar-refractivity contribution in [2.24, 2.45) is 0 Å². The molecule has 9 aromatic carbocycles. The van der Waals surface area contributed by atoms with Crippen molar-refractivity contribution < 1.29 is 0 Å². The topological polar surface area (TPSA) is 9.72 Å². The van der Waals surface area contributed by atoms with Crippen molar-refractivity contribution in [1.82, 2.24) is 0 Å². The molecule has 0 radical (unpaired) electrons. The van der Waals surface area contributed by atoms with E-state index in [0.29, 0.717) is 0 Å². The smallest absolute Gasteiger partial charge is 0.333 e. The Balaban J connectivity index is 1.15. The van der Waals surface area contributed by atoms with E-state index in [-0.39, 0.29) is 33.9 Å². The minimum Gasteiger partial charge on any atom is -0.376 e. The average Bonchev–Trinajstić information content (AvgIpc) is 3.11. The lowest BCUT2D eigenvalue weighted by atomic mass is 9.42. The zero-order valence-electron chi connectivity index (χ0n) is 48.9. The average molecular weight is 1020 g/mol. The monoisotopic (exact) mass is 1020 g/mol. The molecular formula is C74H76BN3. The van der Waals surface area contributed by atoms with Gasteiger partial charge in [0.05, 0.1) is 5.69 Å². The maximum absolute atomic E-state index is 2.75. The largest absolute Gasteiger partial charge is 0.376 e. The second-order valence-electron chi connectivity index (χ2n) is 27.5. The second kappa shape index (κ2) is 17.1. The second-order valence-corrected chi connectivity index (χ2v) is 27.5. The Labute approximate surface area is 466 Å². The quantitative estimate of drug-likeness (QED) is 0.159. The molecule has 0 amide bonds. The predicted octanol–water partition coefficient (Wildman–Crippen LogP) is 19.2. The summed E-state index contributed by atoms with van der Waals surface area (Å²) in [7, 11) is 0. The summed E-state index contributed by atoms with van der Waals surface area (Å²) < 4.78 is 0. The minimum absolute atomic E-state index is 0.0283. The van der Waals surface area contributed by atoms with E-state index in [4.69, 9.17) is 0 Å². The van der Waals surface area contributed by atoms with E-state index in [1.54, 1.807) is 0 Å². The molecule has 0 aromatic heterocycles. The summed E-state index contributed by atoms with van der Waals surface area (Å²) in [6, 6.07) is 64.5. The molecular weight excluding hydrogens is 942 g/mol. The fraction of sp³-hybridized carbons (Fsp3) is 0.297. The van der Waals surface area contributed by atoms with Crippen molar-refractivity contribution >= 4 is 74.0 Å². The van der Waals surface area contributed by atoms with Crippen molar-refractivity contribution in [3.05, 3.63) is 214 Å². The fourth-order valence-corrected chi connectivity index (χ4v) is 14.6. The van der Waals surface area contributed by atoms with Crippen LogP contribution in [0.4, 0.5) is 45.5 Å². The first-order valence-electron chi connectivity index (χ1n) is 28.7. The van der Waals surface area contributed by atoms with Crippen LogP contribution in [0.2, 0.25) is 0 Å². The number of fused-ring (bicyclic) bond motifs is 9. The summed E-state index contributed by atoms with van der Waals surface area (Å²) in [5.41, 5.74) is 29.6. The van der Waals surface area contributed by atoms with Crippen LogP contribution in [0.3, 0.4) is 0 Å². The summed E-state index contributed by atoms with van der Waals surface area (Å²) in [5.74, 6) is 0. The number of para-hydroxylation sites is 1. The zero-order chi connectivity index (χ0) is 54.7. The Morgan fingerprint density at radius 3 is 1.74 bits per heavy atom. The molecule has 390 valence electrons. The molecule has 0 spiro atoms. The van der Waals surface area contributed by atoms with E-state index >= 15 is 0 Å². The molecule has 0 N–H and O–H groups in total. The third-order valence-corrected chi connectivity index (χ3v) is 18.8. The molecule has 1 aliphatic carbocycles. The van der Waals surface area contributed by atoms with Gasteiger partial charge in [0, 0.05) is 50.8 Å². The van der Waals surface area contributed by atoms with Crippen LogP contribution in [0.15, 0.2) is 164 Å². The van der Waals surface area contributed by atoms with Crippen molar-refractivity contribution in [3.8, 4) is 22.3 Å². The van der Waals surface area contributed by atoms with Crippen LogP contribution >= 0.6 is 0 Å². The van der Waals surface area contributed by atoms with Gasteiger partial charge in [0.2, 0.25) is 0 Å². The summed E-state index contributed by atoms with van der Waals surface area (Å²) in [6.45, 7) is 35.3. The first kappa shape index (κ1) is 50.2. The summed E-state index contributed by atoms with van der Waals surface area (Å²) in [5, 5.41) is 2.59. The van der Waals surface area contributed by atoms with Gasteiger partial charge in [-0.25, -0.2) is 0 Å². The van der Waals surface area contributed by atoms with Gasteiger partial charge in [-0.3, -0.25) is 0 Å². The Morgan fingerprint density at radius 1 is 0.500 bits per heavy atom. The number of hydrogen-bond acceptors (Lipinski definition) is 3. The lowest BCUT2D eigenvalue weighted by Gasteiger charge is -2.51. The van der Waals surface area contributed by atoms with Crippen molar-refractivity contribution in [2.75, 3.05) is 14.6 Å². The van der Waals surface area contributed by atoms with Crippen molar-refractivity contribution in [3.63, 3.8) is 0 Å². The van der Waals surface area contributed by atoms with E-state index in [2.05, 4.69) is 282 Å². The van der Waals surface area contributed by atoms with Gasteiger partial charge in [0.25, 0.3) is 0 Å². The summed E-state index contributed by atoms with van der Waals surface area (Å²) in [6.07, 6.45) is 2.33. The normalized spacial score (nSPS) is 16.3. The molecule has 4 aliphatic rings. The molecule has 0 atom stereocenters. The third kappa shape index (κ3) is 7.59. The number of aryl methyl sites for hydroxylation is 3. The number of anilines is 8. The van der Waals surface area contributed by atoms with Crippen molar-refractivity contribution in [2.45, 2.75) is 144 Å². The highest BCUT2D eigenvalue weighted by molar-refractivity contribution is 6.93. The van der Waals surface area contributed by atoms with Gasteiger partial charge in [-0.05, 0) is 211 Å². The molecule has 0 unspecified atom stereocenters. The molecule has 3 aliphatic heterocycles. The van der Waals surface area contributed by atoms with Crippen LogP contribution in [-0.2, 0) is 27.1 Å². The molecule has 0 saturated heterocycles. The van der Waals surface area contributed by atoms with E-state index in [9.17, 15) is 0 Å². The van der Waals surface area contributed by atoms with Gasteiger partial charge in [-0.1, -0.05) is 180 Å². The highest BCUT2D eigenvalue weighted by atomic mass is 15.2. The molecule has 9 aromatic rings. The molecule has 13 rings (SSSR count). The molecule has 3 nitrogen and oxygen atoms in total. The predicted molar refractivity (Wildman–Crippen MR) is 337 cm³/mol. The summed E-state index contributed by atoms with van der Waals surface area (Å²) in [4.78, 5) is 7.93. The number of nitrogens with zero attached hydrogens (tertiary/aromatic N) is 3. The van der Waals surface area contributed by atoms with Crippen LogP contribution < -0.4 is 25.5 Å². The molecule has 0 bridgehead atoms. The van der Waals surface area contributed by atoms with E-state index < -0.39 is 0 Å². The SMILES string of the molecule is Cc1cc(C)c(-c2cc3c4c(c2)N2c5ccc6ccccc6c5C(C)(C)c5cccc(c52)B4N(c2ccc4c(c2)C(C)(C)CCC4(C)C)c2ccc(N(c4ccc(C(C)(C)C)cc4)c4ccc(C(C)(C)C)cc4)cc2-3)c(C)c1. The molecule has 0 fully saturated rings. The first-order chi connectivity index (χ1) is 36.9. The Bertz CT molecular complexity index is 3870. The Kier molecular flexibility index (Phi) is 11.0. The highest BCUT2D eigenvalue weighted by Crippen LogP contribution is 2.58. The third-order valence-electron chi connectivity index (χ3n) is 18.8. The van der Waals surface area contributed by atoms with Crippen molar-refractivity contribution in [1.29, 1.82) is 0 Å². The lowest BCUT2D eigenvalue weighted by molar-refractivity contribution is 0.332. The lowest BCUT2D eigenvalue weighted by Crippen LogP contribution is -2.62. The van der Waals surface area contributed by atoms with E-state index in [0.717, 1.165) is 23.5 Å². The van der Waals surface area contributed by atoms with Crippen LogP contribution in [-0.4, -0.2) is 6.85 Å².